The highest BCUT2D eigenvalue weighted by atomic mass is 32.2. The van der Waals surface area contributed by atoms with Crippen molar-refractivity contribution in [2.24, 2.45) is 0 Å². The molecule has 0 N–H and O–H groups in total. The topological polar surface area (TPSA) is 92.3 Å². The highest BCUT2D eigenvalue weighted by Crippen LogP contribution is 2.36. The first-order chi connectivity index (χ1) is 15.7. The largest absolute Gasteiger partial charge is 0.486 e. The summed E-state index contributed by atoms with van der Waals surface area (Å²) in [4.78, 5) is 10.7. The summed E-state index contributed by atoms with van der Waals surface area (Å²) in [6.45, 7) is 1.04. The van der Waals surface area contributed by atoms with Crippen molar-refractivity contribution in [3.63, 3.8) is 0 Å². The molecule has 1 aliphatic rings. The number of nitro groups is 1. The molecule has 0 bridgehead atoms. The van der Waals surface area contributed by atoms with Gasteiger partial charge in [-0.2, -0.15) is 0 Å². The van der Waals surface area contributed by atoms with Gasteiger partial charge in [0.05, 0.1) is 4.92 Å². The number of nitro benzene ring substituents is 1. The number of hydrogen-bond donors (Lipinski definition) is 0. The maximum Gasteiger partial charge on any atom is 0.269 e. The molecule has 5 rings (SSSR count). The Hall–Kier alpha value is -3.85. The number of fused-ring (bicyclic) bond motifs is 1. The molecule has 0 aliphatic carbocycles. The molecule has 0 saturated carbocycles. The molecule has 8 nitrogen and oxygen atoms in total. The van der Waals surface area contributed by atoms with Crippen molar-refractivity contribution in [1.82, 2.24) is 14.8 Å². The number of hydrogen-bond acceptors (Lipinski definition) is 7. The number of para-hydroxylation sites is 1. The number of aromatic nitrogens is 3. The SMILES string of the molecule is O=[N+]([O-])c1cccc(CSc2nnc(-c3ccc4c(c3)OCCO4)n2-c2ccccc2)c1. The maximum atomic E-state index is 11.1. The van der Waals surface area contributed by atoms with E-state index in [2.05, 4.69) is 10.2 Å². The summed E-state index contributed by atoms with van der Waals surface area (Å²) >= 11 is 1.47. The van der Waals surface area contributed by atoms with Crippen LogP contribution in [0.2, 0.25) is 0 Å². The first-order valence-corrected chi connectivity index (χ1v) is 10.9. The van der Waals surface area contributed by atoms with Crippen molar-refractivity contribution < 1.29 is 14.4 Å². The molecule has 3 aromatic carbocycles. The van der Waals surface area contributed by atoms with Crippen molar-refractivity contribution in [2.45, 2.75) is 10.9 Å². The fraction of sp³-hybridized carbons (Fsp3) is 0.130. The Labute approximate surface area is 188 Å². The van der Waals surface area contributed by atoms with E-state index < -0.39 is 0 Å². The summed E-state index contributed by atoms with van der Waals surface area (Å²) in [5, 5.41) is 20.7. The molecule has 1 aliphatic heterocycles. The third-order valence-electron chi connectivity index (χ3n) is 4.94. The maximum absolute atomic E-state index is 11.1. The van der Waals surface area contributed by atoms with Crippen molar-refractivity contribution in [3.05, 3.63) is 88.5 Å². The second-order valence-corrected chi connectivity index (χ2v) is 7.99. The van der Waals surface area contributed by atoms with E-state index in [1.807, 2.05) is 59.2 Å². The smallest absolute Gasteiger partial charge is 0.269 e. The van der Waals surface area contributed by atoms with Gasteiger partial charge in [0.15, 0.2) is 22.5 Å². The standard InChI is InChI=1S/C23H18N4O4S/c28-27(29)19-8-4-5-16(13-19)15-32-23-25-24-22(26(23)18-6-2-1-3-7-18)17-9-10-20-21(14-17)31-12-11-30-20/h1-10,13-14H,11-12,15H2. The summed E-state index contributed by atoms with van der Waals surface area (Å²) in [6, 6.07) is 22.2. The molecule has 0 radical (unpaired) electrons. The van der Waals surface area contributed by atoms with Gasteiger partial charge >= 0.3 is 0 Å². The van der Waals surface area contributed by atoms with Crippen LogP contribution in [0.4, 0.5) is 5.69 Å². The van der Waals surface area contributed by atoms with Crippen LogP contribution in [0.15, 0.2) is 78.0 Å². The lowest BCUT2D eigenvalue weighted by Crippen LogP contribution is -2.15. The van der Waals surface area contributed by atoms with Crippen LogP contribution in [0.1, 0.15) is 5.56 Å². The van der Waals surface area contributed by atoms with Crippen molar-refractivity contribution in [2.75, 3.05) is 13.2 Å². The number of non-ortho nitro benzene ring substituents is 1. The van der Waals surface area contributed by atoms with E-state index in [9.17, 15) is 10.1 Å². The molecule has 0 fully saturated rings. The second kappa shape index (κ2) is 8.72. The number of thioether (sulfide) groups is 1. The minimum Gasteiger partial charge on any atom is -0.486 e. The first kappa shape index (κ1) is 20.1. The van der Waals surface area contributed by atoms with Crippen molar-refractivity contribution in [3.8, 4) is 28.6 Å². The zero-order valence-corrected chi connectivity index (χ0v) is 17.7. The van der Waals surface area contributed by atoms with Gasteiger partial charge in [0.1, 0.15) is 13.2 Å². The highest BCUT2D eigenvalue weighted by molar-refractivity contribution is 7.98. The van der Waals surface area contributed by atoms with E-state index in [1.54, 1.807) is 12.1 Å². The van der Waals surface area contributed by atoms with E-state index in [-0.39, 0.29) is 10.6 Å². The molecule has 4 aromatic rings. The van der Waals surface area contributed by atoms with Crippen LogP contribution in [-0.2, 0) is 5.75 Å². The molecule has 0 unspecified atom stereocenters. The van der Waals surface area contributed by atoms with Crippen LogP contribution in [0.25, 0.3) is 17.1 Å². The summed E-state index contributed by atoms with van der Waals surface area (Å²) in [5.74, 6) is 2.59. The second-order valence-electron chi connectivity index (χ2n) is 7.05. The summed E-state index contributed by atoms with van der Waals surface area (Å²) in [6.07, 6.45) is 0. The Morgan fingerprint density at radius 2 is 1.75 bits per heavy atom. The fourth-order valence-electron chi connectivity index (χ4n) is 3.45. The molecular weight excluding hydrogens is 428 g/mol. The van der Waals surface area contributed by atoms with Gasteiger partial charge < -0.3 is 9.47 Å². The van der Waals surface area contributed by atoms with Crippen molar-refractivity contribution >= 4 is 17.4 Å². The van der Waals surface area contributed by atoms with Crippen LogP contribution in [-0.4, -0.2) is 32.9 Å². The van der Waals surface area contributed by atoms with E-state index in [0.29, 0.717) is 41.4 Å². The third-order valence-corrected chi connectivity index (χ3v) is 5.94. The molecule has 0 amide bonds. The van der Waals surface area contributed by atoms with Crippen LogP contribution < -0.4 is 9.47 Å². The van der Waals surface area contributed by atoms with Crippen molar-refractivity contribution in [1.29, 1.82) is 0 Å². The molecule has 0 atom stereocenters. The zero-order valence-electron chi connectivity index (χ0n) is 16.9. The van der Waals surface area contributed by atoms with Gasteiger partial charge in [-0.1, -0.05) is 42.1 Å². The number of nitrogens with zero attached hydrogens (tertiary/aromatic N) is 4. The zero-order chi connectivity index (χ0) is 21.9. The average molecular weight is 446 g/mol. The molecule has 0 spiro atoms. The third kappa shape index (κ3) is 4.02. The monoisotopic (exact) mass is 446 g/mol. The Morgan fingerprint density at radius 3 is 2.56 bits per heavy atom. The van der Waals surface area contributed by atoms with Gasteiger partial charge in [0.25, 0.3) is 5.69 Å². The Kier molecular flexibility index (Phi) is 5.47. The molecule has 160 valence electrons. The van der Waals surface area contributed by atoms with Gasteiger partial charge in [-0.3, -0.25) is 14.7 Å². The van der Waals surface area contributed by atoms with E-state index in [4.69, 9.17) is 9.47 Å². The molecule has 32 heavy (non-hydrogen) atoms. The van der Waals surface area contributed by atoms with E-state index in [1.165, 1.54) is 17.8 Å². The van der Waals surface area contributed by atoms with Crippen LogP contribution in [0.5, 0.6) is 11.5 Å². The van der Waals surface area contributed by atoms with Gasteiger partial charge in [0.2, 0.25) is 0 Å². The highest BCUT2D eigenvalue weighted by Gasteiger charge is 2.19. The normalized spacial score (nSPS) is 12.5. The Balaban J connectivity index is 1.51. The Morgan fingerprint density at radius 1 is 0.938 bits per heavy atom. The molecule has 2 heterocycles. The lowest BCUT2D eigenvalue weighted by atomic mass is 10.1. The molecular formula is C23H18N4O4S. The predicted octanol–water partition coefficient (Wildman–Crippen LogP) is 4.91. The average Bonchev–Trinajstić information content (AvgIpc) is 3.27. The lowest BCUT2D eigenvalue weighted by molar-refractivity contribution is -0.384. The number of benzene rings is 3. The minimum atomic E-state index is -0.388. The number of rotatable bonds is 6. The molecule has 0 saturated heterocycles. The fourth-order valence-corrected chi connectivity index (χ4v) is 4.35. The molecule has 1 aromatic heterocycles. The van der Waals surface area contributed by atoms with Gasteiger partial charge in [-0.05, 0) is 35.9 Å². The summed E-state index contributed by atoms with van der Waals surface area (Å²) in [7, 11) is 0. The van der Waals surface area contributed by atoms with E-state index >= 15 is 0 Å². The van der Waals surface area contributed by atoms with Gasteiger partial charge in [-0.25, -0.2) is 0 Å². The van der Waals surface area contributed by atoms with Gasteiger partial charge in [0, 0.05) is 29.1 Å². The van der Waals surface area contributed by atoms with Gasteiger partial charge in [-0.15, -0.1) is 10.2 Å². The molecule has 9 heteroatoms. The van der Waals surface area contributed by atoms with Crippen LogP contribution in [0.3, 0.4) is 0 Å². The Bertz CT molecular complexity index is 1280. The van der Waals surface area contributed by atoms with E-state index in [0.717, 1.165) is 16.8 Å². The lowest BCUT2D eigenvalue weighted by Gasteiger charge is -2.19. The van der Waals surface area contributed by atoms with Crippen LogP contribution >= 0.6 is 11.8 Å². The predicted molar refractivity (Wildman–Crippen MR) is 120 cm³/mol. The first-order valence-electron chi connectivity index (χ1n) is 9.96. The minimum absolute atomic E-state index is 0.0737. The van der Waals surface area contributed by atoms with Crippen LogP contribution in [0, 0.1) is 10.1 Å². The summed E-state index contributed by atoms with van der Waals surface area (Å²) < 4.78 is 13.3. The summed E-state index contributed by atoms with van der Waals surface area (Å²) in [5.41, 5.74) is 2.69. The number of ether oxygens (including phenoxy) is 2. The quantitative estimate of drug-likeness (QED) is 0.236.